The third kappa shape index (κ3) is 3.46. The number of carbonyl (C=O) groups excluding carboxylic acids is 1. The van der Waals surface area contributed by atoms with E-state index in [4.69, 9.17) is 4.74 Å². The van der Waals surface area contributed by atoms with Crippen molar-refractivity contribution < 1.29 is 22.7 Å². The summed E-state index contributed by atoms with van der Waals surface area (Å²) in [5.41, 5.74) is 0.862. The predicted molar refractivity (Wildman–Crippen MR) is 57.9 cm³/mol. The normalized spacial score (nSPS) is 20.3. The first-order valence-electron chi connectivity index (χ1n) is 5.50. The molecule has 0 aromatic heterocycles. The van der Waals surface area contributed by atoms with E-state index in [2.05, 4.69) is 0 Å². The standard InChI is InChI=1S/C12H12F3NO2/c13-12(14,15)11(17)16-9(10-7-18-10)6-8-4-2-1-3-5-8/h1-5,9-10H,6-7H2,(H,16,17)/t9-,10-/m0/s1. The first-order chi connectivity index (χ1) is 8.47. The van der Waals surface area contributed by atoms with Crippen molar-refractivity contribution >= 4 is 5.91 Å². The Morgan fingerprint density at radius 3 is 2.50 bits per heavy atom. The lowest BCUT2D eigenvalue weighted by Crippen LogP contribution is -2.46. The molecule has 6 heteroatoms. The lowest BCUT2D eigenvalue weighted by atomic mass is 10.0. The van der Waals surface area contributed by atoms with Crippen LogP contribution < -0.4 is 5.32 Å². The third-order valence-electron chi connectivity index (χ3n) is 2.68. The number of hydrogen-bond acceptors (Lipinski definition) is 2. The summed E-state index contributed by atoms with van der Waals surface area (Å²) < 4.78 is 41.5. The number of halogens is 3. The molecular formula is C12H12F3NO2. The lowest BCUT2D eigenvalue weighted by molar-refractivity contribution is -0.174. The fraction of sp³-hybridized carbons (Fsp3) is 0.417. The fourth-order valence-electron chi connectivity index (χ4n) is 1.68. The maximum atomic E-state index is 12.2. The molecule has 0 aliphatic carbocycles. The van der Waals surface area contributed by atoms with E-state index < -0.39 is 18.1 Å². The van der Waals surface area contributed by atoms with E-state index in [1.54, 1.807) is 24.3 Å². The summed E-state index contributed by atoms with van der Waals surface area (Å²) in [5, 5.41) is 1.98. The van der Waals surface area contributed by atoms with Gasteiger partial charge in [-0.3, -0.25) is 4.79 Å². The molecule has 1 aliphatic rings. The second-order valence-electron chi connectivity index (χ2n) is 4.14. The van der Waals surface area contributed by atoms with Gasteiger partial charge in [-0.05, 0) is 12.0 Å². The maximum Gasteiger partial charge on any atom is 0.471 e. The highest BCUT2D eigenvalue weighted by atomic mass is 19.4. The van der Waals surface area contributed by atoms with Crippen molar-refractivity contribution in [2.45, 2.75) is 24.7 Å². The highest BCUT2D eigenvalue weighted by Gasteiger charge is 2.43. The van der Waals surface area contributed by atoms with Crippen molar-refractivity contribution in [3.05, 3.63) is 35.9 Å². The largest absolute Gasteiger partial charge is 0.471 e. The van der Waals surface area contributed by atoms with Crippen LogP contribution in [0.15, 0.2) is 30.3 Å². The van der Waals surface area contributed by atoms with Crippen molar-refractivity contribution in [3.8, 4) is 0 Å². The van der Waals surface area contributed by atoms with E-state index in [0.717, 1.165) is 5.56 Å². The zero-order valence-electron chi connectivity index (χ0n) is 9.41. The summed E-state index contributed by atoms with van der Waals surface area (Å²) in [6.07, 6.45) is -4.85. The SMILES string of the molecule is O=C(N[C@@H](Cc1ccccc1)[C@@H]1CO1)C(F)(F)F. The molecule has 1 saturated heterocycles. The number of benzene rings is 1. The molecule has 3 nitrogen and oxygen atoms in total. The summed E-state index contributed by atoms with van der Waals surface area (Å²) in [7, 11) is 0. The summed E-state index contributed by atoms with van der Waals surface area (Å²) in [4.78, 5) is 10.9. The van der Waals surface area contributed by atoms with E-state index in [9.17, 15) is 18.0 Å². The first-order valence-corrected chi connectivity index (χ1v) is 5.50. The number of alkyl halides is 3. The van der Waals surface area contributed by atoms with E-state index in [-0.39, 0.29) is 6.10 Å². The number of rotatable bonds is 4. The van der Waals surface area contributed by atoms with Gasteiger partial charge in [0.1, 0.15) is 6.10 Å². The molecule has 0 spiro atoms. The molecule has 1 N–H and O–H groups in total. The van der Waals surface area contributed by atoms with Gasteiger partial charge in [-0.1, -0.05) is 30.3 Å². The van der Waals surface area contributed by atoms with Gasteiger partial charge in [0.15, 0.2) is 0 Å². The molecule has 18 heavy (non-hydrogen) atoms. The molecule has 0 bridgehead atoms. The van der Waals surface area contributed by atoms with Crippen LogP contribution in [-0.2, 0) is 16.0 Å². The predicted octanol–water partition coefficient (Wildman–Crippen LogP) is 1.67. The zero-order valence-corrected chi connectivity index (χ0v) is 9.41. The molecule has 1 fully saturated rings. The van der Waals surface area contributed by atoms with Crippen molar-refractivity contribution in [2.24, 2.45) is 0 Å². The minimum Gasteiger partial charge on any atom is -0.371 e. The van der Waals surface area contributed by atoms with Crippen LogP contribution in [0.25, 0.3) is 0 Å². The van der Waals surface area contributed by atoms with Crippen LogP contribution in [-0.4, -0.2) is 30.8 Å². The first kappa shape index (κ1) is 12.9. The van der Waals surface area contributed by atoms with Gasteiger partial charge in [-0.15, -0.1) is 0 Å². The Hall–Kier alpha value is -1.56. The minimum absolute atomic E-state index is 0.323. The third-order valence-corrected chi connectivity index (χ3v) is 2.68. The van der Waals surface area contributed by atoms with Gasteiger partial charge in [0.05, 0.1) is 12.6 Å². The monoisotopic (exact) mass is 259 g/mol. The van der Waals surface area contributed by atoms with Crippen molar-refractivity contribution in [3.63, 3.8) is 0 Å². The molecule has 0 unspecified atom stereocenters. The van der Waals surface area contributed by atoms with Gasteiger partial charge in [0, 0.05) is 0 Å². The second kappa shape index (κ2) is 4.97. The van der Waals surface area contributed by atoms with Gasteiger partial charge in [0.2, 0.25) is 0 Å². The van der Waals surface area contributed by atoms with Gasteiger partial charge >= 0.3 is 12.1 Å². The molecule has 1 aliphatic heterocycles. The topological polar surface area (TPSA) is 41.6 Å². The Bertz CT molecular complexity index is 415. The number of amides is 1. The average Bonchev–Trinajstić information content (AvgIpc) is 3.12. The molecule has 0 saturated carbocycles. The number of hydrogen-bond donors (Lipinski definition) is 1. The zero-order chi connectivity index (χ0) is 13.2. The van der Waals surface area contributed by atoms with E-state index >= 15 is 0 Å². The molecule has 98 valence electrons. The average molecular weight is 259 g/mol. The molecule has 1 amide bonds. The highest BCUT2D eigenvalue weighted by molar-refractivity contribution is 5.82. The Morgan fingerprint density at radius 2 is 2.00 bits per heavy atom. The van der Waals surface area contributed by atoms with Crippen LogP contribution in [0.4, 0.5) is 13.2 Å². The molecule has 2 rings (SSSR count). The summed E-state index contributed by atoms with van der Waals surface area (Å²) in [5.74, 6) is -1.92. The Morgan fingerprint density at radius 1 is 1.39 bits per heavy atom. The molecule has 1 aromatic carbocycles. The Balaban J connectivity index is 1.99. The van der Waals surface area contributed by atoms with Crippen molar-refractivity contribution in [1.29, 1.82) is 0 Å². The number of epoxide rings is 1. The van der Waals surface area contributed by atoms with Crippen LogP contribution in [0, 0.1) is 0 Å². The smallest absolute Gasteiger partial charge is 0.371 e. The number of nitrogens with one attached hydrogen (secondary N) is 1. The lowest BCUT2D eigenvalue weighted by Gasteiger charge is -2.17. The minimum atomic E-state index is -4.86. The van der Waals surface area contributed by atoms with Gasteiger partial charge in [-0.25, -0.2) is 0 Å². The van der Waals surface area contributed by atoms with Gasteiger partial charge in [-0.2, -0.15) is 13.2 Å². The quantitative estimate of drug-likeness (QED) is 0.836. The van der Waals surface area contributed by atoms with Crippen LogP contribution >= 0.6 is 0 Å². The van der Waals surface area contributed by atoms with Crippen LogP contribution in [0.2, 0.25) is 0 Å². The van der Waals surface area contributed by atoms with E-state index in [1.165, 1.54) is 0 Å². The summed E-state index contributed by atoms with van der Waals surface area (Å²) >= 11 is 0. The number of ether oxygens (including phenoxy) is 1. The molecular weight excluding hydrogens is 247 g/mol. The fourth-order valence-corrected chi connectivity index (χ4v) is 1.68. The van der Waals surface area contributed by atoms with Crippen LogP contribution in [0.1, 0.15) is 5.56 Å². The molecule has 1 heterocycles. The summed E-state index contributed by atoms with van der Waals surface area (Å²) in [6, 6.07) is 8.38. The van der Waals surface area contributed by atoms with Crippen molar-refractivity contribution in [2.75, 3.05) is 6.61 Å². The molecule has 1 aromatic rings. The van der Waals surface area contributed by atoms with Crippen LogP contribution in [0.3, 0.4) is 0 Å². The number of carbonyl (C=O) groups is 1. The van der Waals surface area contributed by atoms with Crippen molar-refractivity contribution in [1.82, 2.24) is 5.32 Å². The summed E-state index contributed by atoms with van der Waals surface area (Å²) in [6.45, 7) is 0.385. The maximum absolute atomic E-state index is 12.2. The van der Waals surface area contributed by atoms with E-state index in [1.807, 2.05) is 11.4 Å². The molecule has 0 radical (unpaired) electrons. The second-order valence-corrected chi connectivity index (χ2v) is 4.14. The van der Waals surface area contributed by atoms with Gasteiger partial charge < -0.3 is 10.1 Å². The Kier molecular flexibility index (Phi) is 3.56. The van der Waals surface area contributed by atoms with Gasteiger partial charge in [0.25, 0.3) is 0 Å². The Labute approximate surface area is 102 Å². The molecule has 2 atom stereocenters. The van der Waals surface area contributed by atoms with Crippen LogP contribution in [0.5, 0.6) is 0 Å². The van der Waals surface area contributed by atoms with E-state index in [0.29, 0.717) is 13.0 Å². The highest BCUT2D eigenvalue weighted by Crippen LogP contribution is 2.21.